The number of hydrogen-bond donors (Lipinski definition) is 2. The molecule has 13 rings (SSSR count). The molecule has 1 saturated heterocycles. The van der Waals surface area contributed by atoms with Gasteiger partial charge in [0.05, 0.1) is 89.5 Å². The molecular formula is C97H118BClN4O19S2. The number of carboxylic acid groups (broad SMARTS) is 1. The van der Waals surface area contributed by atoms with Gasteiger partial charge in [0.2, 0.25) is 0 Å². The van der Waals surface area contributed by atoms with E-state index >= 15 is 0 Å². The molecule has 2 atom stereocenters. The van der Waals surface area contributed by atoms with Crippen molar-refractivity contribution in [3.8, 4) is 56.8 Å². The molecule has 0 amide bonds. The molecule has 0 unspecified atom stereocenters. The van der Waals surface area contributed by atoms with Crippen molar-refractivity contribution in [2.45, 2.75) is 198 Å². The largest absolute Gasteiger partial charge is 0.498 e. The van der Waals surface area contributed by atoms with Crippen molar-refractivity contribution in [2.75, 3.05) is 46.0 Å². The lowest BCUT2D eigenvalue weighted by Crippen LogP contribution is -2.41. The van der Waals surface area contributed by atoms with Crippen LogP contribution < -0.4 is 39.6 Å². The van der Waals surface area contributed by atoms with Gasteiger partial charge in [-0.05, 0) is 233 Å². The number of rotatable bonds is 30. The number of benzene rings is 6. The number of carbonyl (C=O) groups excluding carboxylic acids is 2. The molecule has 0 aliphatic carbocycles. The molecule has 0 bridgehead atoms. The maximum atomic E-state index is 12.6. The number of methoxy groups -OCH3 is 3. The molecule has 3 N–H and O–H groups in total. The molecule has 6 aromatic carbocycles. The van der Waals surface area contributed by atoms with Crippen LogP contribution >= 0.6 is 11.6 Å². The second kappa shape index (κ2) is 44.1. The van der Waals surface area contributed by atoms with E-state index in [2.05, 4.69) is 27.1 Å². The number of aromatic nitrogens is 3. The molecule has 23 nitrogen and oxygen atoms in total. The number of nitrogens with zero attached hydrogens (tertiary/aromatic N) is 3. The maximum absolute atomic E-state index is 12.6. The number of fused-ring (bicyclic) bond motifs is 3. The van der Waals surface area contributed by atoms with E-state index in [4.69, 9.17) is 77.8 Å². The Balaban J connectivity index is 0.000000212. The van der Waals surface area contributed by atoms with E-state index in [-0.39, 0.29) is 75.4 Å². The monoisotopic (exact) mass is 1750 g/mol. The summed E-state index contributed by atoms with van der Waals surface area (Å²) in [7, 11) is 2.40. The van der Waals surface area contributed by atoms with Crippen molar-refractivity contribution in [3.05, 3.63) is 237 Å². The lowest BCUT2D eigenvalue weighted by atomic mass is 9.77. The first-order valence-corrected chi connectivity index (χ1v) is 43.3. The lowest BCUT2D eigenvalue weighted by molar-refractivity contribution is -0.143. The summed E-state index contributed by atoms with van der Waals surface area (Å²) in [5, 5.41) is 12.9. The van der Waals surface area contributed by atoms with Gasteiger partial charge in [0, 0.05) is 165 Å². The number of nitrogens with two attached hydrogens (primary N) is 1. The van der Waals surface area contributed by atoms with Crippen LogP contribution in [0.15, 0.2) is 178 Å². The number of furan rings is 3. The highest BCUT2D eigenvalue weighted by Crippen LogP contribution is 2.41. The highest BCUT2D eigenvalue weighted by atomic mass is 35.5. The van der Waals surface area contributed by atoms with E-state index in [9.17, 15) is 27.9 Å². The quantitative estimate of drug-likeness (QED) is 0.0312. The third kappa shape index (κ3) is 26.1. The van der Waals surface area contributed by atoms with Gasteiger partial charge in [0.1, 0.15) is 71.1 Å². The third-order valence-corrected chi connectivity index (χ3v) is 24.8. The van der Waals surface area contributed by atoms with Crippen molar-refractivity contribution < 1.29 is 88.4 Å². The molecule has 12 aromatic rings. The topological polar surface area (TPSA) is 302 Å². The van der Waals surface area contributed by atoms with Crippen LogP contribution in [-0.4, -0.2) is 120 Å². The highest BCUT2D eigenvalue weighted by molar-refractivity contribution is 7.86. The first kappa shape index (κ1) is 98.6. The maximum Gasteiger partial charge on any atom is 0.498 e. The number of carboxylic acids is 1. The van der Waals surface area contributed by atoms with Crippen LogP contribution in [-0.2, 0) is 113 Å². The molecule has 27 heteroatoms. The minimum Gasteiger partial charge on any atom is -0.497 e. The molecule has 6 aromatic heterocycles. The number of hydrogen-bond acceptors (Lipinski definition) is 22. The summed E-state index contributed by atoms with van der Waals surface area (Å²) < 4.78 is 99.1. The SMILES string of the molecule is C.C.CC(C)(C)[S@](=O)CCc1cc(Cl)ccn1.CCOC(=O)Cc1ccc(OC)cc1OCc1cc(-c2ccnc(CC[S@@](=O)C(C)(C)C)c2)c2occ(C)c2c1.CCOC(=O)Cc1ccc(OC)cc1OCc1cc(B2OC(C)(C)C(C)(C)O2)c2occ(C)c2c1.COc1ccc(CC(=O)O)c(OCc2cc(-c3ccnc(CN)c3)c3occ(C)c3c2)c1. The van der Waals surface area contributed by atoms with Gasteiger partial charge in [-0.3, -0.25) is 37.8 Å². The zero-order chi connectivity index (χ0) is 88.4. The van der Waals surface area contributed by atoms with E-state index in [1.807, 2.05) is 157 Å². The average Bonchev–Trinajstić information content (AvgIpc) is 1.60. The van der Waals surface area contributed by atoms with Crippen LogP contribution in [0.4, 0.5) is 0 Å². The Morgan fingerprint density at radius 3 is 1.23 bits per heavy atom. The molecule has 124 heavy (non-hydrogen) atoms. The number of carbonyl (C=O) groups is 3. The Bertz CT molecular complexity index is 5690. The average molecular weight is 1750 g/mol. The van der Waals surface area contributed by atoms with Crippen LogP contribution in [0.2, 0.25) is 5.02 Å². The summed E-state index contributed by atoms with van der Waals surface area (Å²) >= 11 is 5.83. The standard InChI is InChI=1S/C32H37NO6S.C27H33BO7.C25H24N2O5.C11H16ClNOS.2CH4/c1-7-37-30(34)17-24-8-9-26(36-6)18-29(24)38-20-22-14-27-21(2)19-39-31(27)28(15-22)23-10-12-33-25(16-23)11-13-40(35)32(3,4)5;1-8-31-24(29)13-19-9-10-20(30-7)14-23(19)32-16-18-11-21-17(2)15-33-25(21)22(12-18)28-34-26(3,4)27(5,6)35-28;1-15-13-32-25-21(15)7-16(8-22(25)17-5-6-27-19(9-17)12-26)14-31-23-11-20(30-2)4-3-18(23)10-24(28)29;1-11(2,3)15(14)7-5-10-8-9(12)4-6-13-10;;/h8-10,12,14-16,18-19H,7,11,13,17,20H2,1-6H3;9-12,14-15H,8,13,16H2,1-7H3;3-9,11,13H,10,12,14,26H2,1-2H3,(H,28,29);4,6,8H,5,7H2,1-3H3;2*1H4/t40-;;;15-;;/m1..1../s1. The summed E-state index contributed by atoms with van der Waals surface area (Å²) in [6.07, 6.45) is 11.9. The summed E-state index contributed by atoms with van der Waals surface area (Å²) in [5.41, 5.74) is 22.2. The zero-order valence-electron chi connectivity index (χ0n) is 72.8. The van der Waals surface area contributed by atoms with Crippen molar-refractivity contribution in [1.29, 1.82) is 0 Å². The number of esters is 2. The summed E-state index contributed by atoms with van der Waals surface area (Å²) in [5.74, 6) is 3.15. The van der Waals surface area contributed by atoms with E-state index in [0.29, 0.717) is 89.2 Å². The Kier molecular flexibility index (Phi) is 35.1. The Hall–Kier alpha value is -10.9. The summed E-state index contributed by atoms with van der Waals surface area (Å²) in [6, 6.07) is 39.6. The summed E-state index contributed by atoms with van der Waals surface area (Å²) in [6.45, 7) is 31.4. The number of halogens is 1. The zero-order valence-corrected chi connectivity index (χ0v) is 75.2. The van der Waals surface area contributed by atoms with Gasteiger partial charge in [-0.2, -0.15) is 0 Å². The van der Waals surface area contributed by atoms with Crippen LogP contribution in [0, 0.1) is 20.8 Å². The van der Waals surface area contributed by atoms with E-state index in [0.717, 1.165) is 122 Å². The second-order valence-corrected chi connectivity index (χ2v) is 37.4. The Morgan fingerprint density at radius 1 is 0.492 bits per heavy atom. The second-order valence-electron chi connectivity index (χ2n) is 32.3. The van der Waals surface area contributed by atoms with Gasteiger partial charge in [-0.25, -0.2) is 0 Å². The van der Waals surface area contributed by atoms with Gasteiger partial charge in [-0.15, -0.1) is 0 Å². The minimum absolute atomic E-state index is 0. The van der Waals surface area contributed by atoms with Gasteiger partial charge in [-0.1, -0.05) is 50.7 Å². The fourth-order valence-corrected chi connectivity index (χ4v) is 15.3. The molecule has 0 radical (unpaired) electrons. The van der Waals surface area contributed by atoms with E-state index in [1.165, 1.54) is 0 Å². The molecule has 1 fully saturated rings. The third-order valence-electron chi connectivity index (χ3n) is 20.6. The Morgan fingerprint density at radius 2 is 0.855 bits per heavy atom. The van der Waals surface area contributed by atoms with Crippen molar-refractivity contribution in [1.82, 2.24) is 15.0 Å². The van der Waals surface area contributed by atoms with Crippen LogP contribution in [0.3, 0.4) is 0 Å². The van der Waals surface area contributed by atoms with Gasteiger partial charge >= 0.3 is 25.0 Å². The normalized spacial score (nSPS) is 13.1. The number of aryl methyl sites for hydroxylation is 5. The van der Waals surface area contributed by atoms with Crippen LogP contribution in [0.5, 0.6) is 34.5 Å². The molecule has 662 valence electrons. The molecule has 1 aliphatic heterocycles. The molecule has 7 heterocycles. The van der Waals surface area contributed by atoms with Gasteiger partial charge < -0.3 is 71.3 Å². The van der Waals surface area contributed by atoms with E-state index < -0.39 is 45.9 Å². The molecular weight excluding hydrogens is 1640 g/mol. The van der Waals surface area contributed by atoms with Crippen molar-refractivity contribution >= 4 is 96.6 Å². The first-order chi connectivity index (χ1) is 58.0. The van der Waals surface area contributed by atoms with Crippen molar-refractivity contribution in [3.63, 3.8) is 0 Å². The number of ether oxygens (including phenoxy) is 8. The Labute approximate surface area is 738 Å². The number of aliphatic carboxylic acids is 1. The highest BCUT2D eigenvalue weighted by Gasteiger charge is 2.52. The fraction of sp³-hybridized carbons (Fsp3) is 0.381. The van der Waals surface area contributed by atoms with Gasteiger partial charge in [0.25, 0.3) is 0 Å². The van der Waals surface area contributed by atoms with Gasteiger partial charge in [0.15, 0.2) is 0 Å². The molecule has 0 saturated carbocycles. The van der Waals surface area contributed by atoms with Crippen LogP contribution in [0.25, 0.3) is 55.2 Å². The molecule has 1 aliphatic rings. The first-order valence-electron chi connectivity index (χ1n) is 40.3. The van der Waals surface area contributed by atoms with Crippen LogP contribution in [0.1, 0.15) is 165 Å². The fourth-order valence-electron chi connectivity index (χ4n) is 13.2. The molecule has 0 spiro atoms. The minimum atomic E-state index is -0.955. The lowest BCUT2D eigenvalue weighted by Gasteiger charge is -2.32. The smallest absolute Gasteiger partial charge is 0.497 e. The predicted octanol–water partition coefficient (Wildman–Crippen LogP) is 19.9. The predicted molar refractivity (Wildman–Crippen MR) is 493 cm³/mol. The van der Waals surface area contributed by atoms with E-state index in [1.54, 1.807) is 121 Å². The summed E-state index contributed by atoms with van der Waals surface area (Å²) in [4.78, 5) is 48.5. The number of pyridine rings is 3. The van der Waals surface area contributed by atoms with Crippen molar-refractivity contribution in [2.24, 2.45) is 5.73 Å².